The van der Waals surface area contributed by atoms with Crippen molar-refractivity contribution in [1.82, 2.24) is 5.32 Å². The molecule has 19 heavy (non-hydrogen) atoms. The van der Waals surface area contributed by atoms with Crippen LogP contribution in [0.1, 0.15) is 37.2 Å². The molecule has 0 spiro atoms. The molecule has 1 saturated carbocycles. The SMILES string of the molecule is COc1ccc(C2CC(=O)C=C(NC3CC3)C2)cc1. The number of hydrogen-bond donors (Lipinski definition) is 1. The Balaban J connectivity index is 1.73. The second-order valence-corrected chi connectivity index (χ2v) is 5.43. The number of nitrogens with one attached hydrogen (secondary N) is 1. The molecule has 1 fully saturated rings. The minimum absolute atomic E-state index is 0.232. The largest absolute Gasteiger partial charge is 0.497 e. The average Bonchev–Trinajstić information content (AvgIpc) is 3.22. The van der Waals surface area contributed by atoms with E-state index in [9.17, 15) is 4.79 Å². The maximum absolute atomic E-state index is 11.8. The number of benzene rings is 1. The molecule has 0 aliphatic heterocycles. The van der Waals surface area contributed by atoms with Gasteiger partial charge in [-0.15, -0.1) is 0 Å². The quantitative estimate of drug-likeness (QED) is 0.901. The summed E-state index contributed by atoms with van der Waals surface area (Å²) in [6.07, 6.45) is 5.81. The summed E-state index contributed by atoms with van der Waals surface area (Å²) in [5.74, 6) is 1.39. The second kappa shape index (κ2) is 5.08. The predicted octanol–water partition coefficient (Wildman–Crippen LogP) is 2.78. The first-order valence-corrected chi connectivity index (χ1v) is 6.88. The van der Waals surface area contributed by atoms with E-state index < -0.39 is 0 Å². The van der Waals surface area contributed by atoms with Crippen LogP contribution in [0.4, 0.5) is 0 Å². The van der Waals surface area contributed by atoms with Gasteiger partial charge in [0.05, 0.1) is 7.11 Å². The van der Waals surface area contributed by atoms with Crippen LogP contribution in [0.2, 0.25) is 0 Å². The Kier molecular flexibility index (Phi) is 3.28. The van der Waals surface area contributed by atoms with E-state index in [-0.39, 0.29) is 5.78 Å². The first-order valence-electron chi connectivity index (χ1n) is 6.88. The Hall–Kier alpha value is -1.77. The highest BCUT2D eigenvalue weighted by Crippen LogP contribution is 2.33. The normalized spacial score (nSPS) is 22.9. The van der Waals surface area contributed by atoms with Gasteiger partial charge in [0.25, 0.3) is 0 Å². The molecule has 0 radical (unpaired) electrons. The Morgan fingerprint density at radius 2 is 1.89 bits per heavy atom. The Morgan fingerprint density at radius 1 is 1.16 bits per heavy atom. The van der Waals surface area contributed by atoms with Gasteiger partial charge in [-0.05, 0) is 42.9 Å². The fourth-order valence-electron chi connectivity index (χ4n) is 2.59. The number of rotatable bonds is 4. The van der Waals surface area contributed by atoms with Crippen LogP contribution in [0.3, 0.4) is 0 Å². The maximum atomic E-state index is 11.8. The van der Waals surface area contributed by atoms with E-state index in [4.69, 9.17) is 4.74 Å². The Morgan fingerprint density at radius 3 is 2.53 bits per heavy atom. The third-order valence-electron chi connectivity index (χ3n) is 3.80. The highest BCUT2D eigenvalue weighted by molar-refractivity contribution is 5.92. The summed E-state index contributed by atoms with van der Waals surface area (Å²) in [7, 11) is 1.67. The molecule has 1 aromatic carbocycles. The third kappa shape index (κ3) is 2.98. The van der Waals surface area contributed by atoms with Crippen molar-refractivity contribution in [2.45, 2.75) is 37.6 Å². The molecule has 0 heterocycles. The van der Waals surface area contributed by atoms with Gasteiger partial charge in [0.15, 0.2) is 5.78 Å². The van der Waals surface area contributed by atoms with Crippen molar-refractivity contribution in [3.05, 3.63) is 41.6 Å². The topological polar surface area (TPSA) is 38.3 Å². The number of carbonyl (C=O) groups excluding carboxylic acids is 1. The predicted molar refractivity (Wildman–Crippen MR) is 74.2 cm³/mol. The van der Waals surface area contributed by atoms with E-state index in [0.717, 1.165) is 17.9 Å². The fourth-order valence-corrected chi connectivity index (χ4v) is 2.59. The highest BCUT2D eigenvalue weighted by atomic mass is 16.5. The third-order valence-corrected chi connectivity index (χ3v) is 3.80. The molecule has 1 unspecified atom stereocenters. The molecule has 1 atom stereocenters. The van der Waals surface area contributed by atoms with Crippen molar-refractivity contribution in [2.24, 2.45) is 0 Å². The molecule has 3 rings (SSSR count). The van der Waals surface area contributed by atoms with E-state index >= 15 is 0 Å². The monoisotopic (exact) mass is 257 g/mol. The minimum Gasteiger partial charge on any atom is -0.497 e. The van der Waals surface area contributed by atoms with Crippen molar-refractivity contribution in [3.63, 3.8) is 0 Å². The lowest BCUT2D eigenvalue weighted by Gasteiger charge is -2.23. The molecule has 0 aromatic heterocycles. The van der Waals surface area contributed by atoms with Gasteiger partial charge < -0.3 is 10.1 Å². The summed E-state index contributed by atoms with van der Waals surface area (Å²) in [4.78, 5) is 11.8. The second-order valence-electron chi connectivity index (χ2n) is 5.43. The first kappa shape index (κ1) is 12.3. The molecule has 3 heteroatoms. The van der Waals surface area contributed by atoms with Crippen LogP contribution < -0.4 is 10.1 Å². The first-order chi connectivity index (χ1) is 9.24. The maximum Gasteiger partial charge on any atom is 0.158 e. The van der Waals surface area contributed by atoms with Crippen LogP contribution in [0.5, 0.6) is 5.75 Å². The molecule has 2 aliphatic rings. The average molecular weight is 257 g/mol. The molecule has 0 amide bonds. The molecule has 100 valence electrons. The molecule has 2 aliphatic carbocycles. The van der Waals surface area contributed by atoms with Crippen molar-refractivity contribution in [1.29, 1.82) is 0 Å². The van der Waals surface area contributed by atoms with E-state index in [0.29, 0.717) is 18.4 Å². The zero-order valence-corrected chi connectivity index (χ0v) is 11.2. The van der Waals surface area contributed by atoms with Crippen molar-refractivity contribution < 1.29 is 9.53 Å². The van der Waals surface area contributed by atoms with E-state index in [1.165, 1.54) is 18.4 Å². The zero-order valence-electron chi connectivity index (χ0n) is 11.2. The summed E-state index contributed by atoms with van der Waals surface area (Å²) < 4.78 is 5.17. The number of allylic oxidation sites excluding steroid dienone is 2. The smallest absolute Gasteiger partial charge is 0.158 e. The highest BCUT2D eigenvalue weighted by Gasteiger charge is 2.27. The summed E-state index contributed by atoms with van der Waals surface area (Å²) in [6, 6.07) is 8.67. The summed E-state index contributed by atoms with van der Waals surface area (Å²) in [5, 5.41) is 3.46. The summed E-state index contributed by atoms with van der Waals surface area (Å²) >= 11 is 0. The van der Waals surface area contributed by atoms with E-state index in [2.05, 4.69) is 17.4 Å². The molecule has 0 saturated heterocycles. The van der Waals surface area contributed by atoms with Crippen molar-refractivity contribution in [2.75, 3.05) is 7.11 Å². The number of methoxy groups -OCH3 is 1. The van der Waals surface area contributed by atoms with E-state index in [1.54, 1.807) is 13.2 Å². The molecular formula is C16H19NO2. The Bertz CT molecular complexity index is 500. The molecule has 3 nitrogen and oxygen atoms in total. The summed E-state index contributed by atoms with van der Waals surface area (Å²) in [6.45, 7) is 0. The van der Waals surface area contributed by atoms with Crippen LogP contribution in [0.15, 0.2) is 36.0 Å². The van der Waals surface area contributed by atoms with E-state index in [1.807, 2.05) is 12.1 Å². The minimum atomic E-state index is 0.232. The number of carbonyl (C=O) groups is 1. The molecular weight excluding hydrogens is 238 g/mol. The number of ether oxygens (including phenoxy) is 1. The van der Waals surface area contributed by atoms with Gasteiger partial charge in [-0.3, -0.25) is 4.79 Å². The van der Waals surface area contributed by atoms with Gasteiger partial charge in [-0.1, -0.05) is 12.1 Å². The zero-order chi connectivity index (χ0) is 13.2. The van der Waals surface area contributed by atoms with Gasteiger partial charge in [0.1, 0.15) is 5.75 Å². The van der Waals surface area contributed by atoms with Gasteiger partial charge in [-0.25, -0.2) is 0 Å². The van der Waals surface area contributed by atoms with Crippen LogP contribution >= 0.6 is 0 Å². The van der Waals surface area contributed by atoms with Crippen LogP contribution in [-0.4, -0.2) is 18.9 Å². The number of ketones is 1. The van der Waals surface area contributed by atoms with Gasteiger partial charge in [0, 0.05) is 24.2 Å². The van der Waals surface area contributed by atoms with Gasteiger partial charge >= 0.3 is 0 Å². The van der Waals surface area contributed by atoms with Gasteiger partial charge in [0.2, 0.25) is 0 Å². The molecule has 1 N–H and O–H groups in total. The van der Waals surface area contributed by atoms with Crippen LogP contribution in [0.25, 0.3) is 0 Å². The fraction of sp³-hybridized carbons (Fsp3) is 0.438. The van der Waals surface area contributed by atoms with Crippen LogP contribution in [-0.2, 0) is 4.79 Å². The van der Waals surface area contributed by atoms with Crippen molar-refractivity contribution in [3.8, 4) is 5.75 Å². The van der Waals surface area contributed by atoms with Crippen LogP contribution in [0, 0.1) is 0 Å². The summed E-state index contributed by atoms with van der Waals surface area (Å²) in [5.41, 5.74) is 2.33. The van der Waals surface area contributed by atoms with Crippen molar-refractivity contribution >= 4 is 5.78 Å². The Labute approximate surface area is 113 Å². The van der Waals surface area contributed by atoms with Gasteiger partial charge in [-0.2, -0.15) is 0 Å². The standard InChI is InChI=1S/C16H19NO2/c1-19-16-6-2-11(3-7-16)12-8-14(10-15(18)9-12)17-13-4-5-13/h2-3,6-7,10,12-13,17H,4-5,8-9H2,1H3. The molecule has 0 bridgehead atoms. The lowest BCUT2D eigenvalue weighted by Crippen LogP contribution is -2.23. The number of hydrogen-bond acceptors (Lipinski definition) is 3. The lowest BCUT2D eigenvalue weighted by atomic mass is 9.85. The lowest BCUT2D eigenvalue weighted by molar-refractivity contribution is -0.115. The molecule has 1 aromatic rings.